The number of alkyl halides is 3. The summed E-state index contributed by atoms with van der Waals surface area (Å²) in [6.45, 7) is 0.846. The lowest BCUT2D eigenvalue weighted by Crippen LogP contribution is -2.37. The molecule has 0 radical (unpaired) electrons. The number of rotatable bonds is 4. The SMILES string of the molecule is CCc1c(N)ncnc1N(CC(F)(F)F)C1CC1. The lowest BCUT2D eigenvalue weighted by Gasteiger charge is -2.26. The molecule has 0 spiro atoms. The van der Waals surface area contributed by atoms with Crippen LogP contribution >= 0.6 is 0 Å². The van der Waals surface area contributed by atoms with Gasteiger partial charge in [0.05, 0.1) is 0 Å². The Labute approximate surface area is 103 Å². The van der Waals surface area contributed by atoms with Gasteiger partial charge < -0.3 is 10.6 Å². The zero-order valence-electron chi connectivity index (χ0n) is 10.0. The summed E-state index contributed by atoms with van der Waals surface area (Å²) in [5.41, 5.74) is 6.29. The van der Waals surface area contributed by atoms with Crippen molar-refractivity contribution in [2.75, 3.05) is 17.2 Å². The molecule has 0 amide bonds. The van der Waals surface area contributed by atoms with Gasteiger partial charge in [0.1, 0.15) is 24.5 Å². The predicted molar refractivity (Wildman–Crippen MR) is 62.2 cm³/mol. The largest absolute Gasteiger partial charge is 0.405 e. The van der Waals surface area contributed by atoms with E-state index >= 15 is 0 Å². The zero-order chi connectivity index (χ0) is 13.3. The van der Waals surface area contributed by atoms with E-state index in [0.29, 0.717) is 17.8 Å². The van der Waals surface area contributed by atoms with Crippen molar-refractivity contribution in [2.24, 2.45) is 0 Å². The second-order valence-electron chi connectivity index (χ2n) is 4.39. The molecule has 1 aliphatic carbocycles. The van der Waals surface area contributed by atoms with Crippen LogP contribution in [0, 0.1) is 0 Å². The topological polar surface area (TPSA) is 55.0 Å². The molecule has 2 N–H and O–H groups in total. The average molecular weight is 260 g/mol. The molecule has 1 aromatic heterocycles. The van der Waals surface area contributed by atoms with Gasteiger partial charge in [0.15, 0.2) is 0 Å². The molecule has 0 aromatic carbocycles. The van der Waals surface area contributed by atoms with Gasteiger partial charge in [-0.15, -0.1) is 0 Å². The van der Waals surface area contributed by atoms with Gasteiger partial charge in [-0.05, 0) is 19.3 Å². The molecule has 0 unspecified atom stereocenters. The van der Waals surface area contributed by atoms with Crippen molar-refractivity contribution < 1.29 is 13.2 Å². The minimum absolute atomic E-state index is 0.0776. The van der Waals surface area contributed by atoms with E-state index in [2.05, 4.69) is 9.97 Å². The average Bonchev–Trinajstić information content (AvgIpc) is 3.08. The van der Waals surface area contributed by atoms with E-state index in [1.165, 1.54) is 11.2 Å². The van der Waals surface area contributed by atoms with Crippen molar-refractivity contribution in [3.05, 3.63) is 11.9 Å². The number of nitrogens with zero attached hydrogens (tertiary/aromatic N) is 3. The van der Waals surface area contributed by atoms with Crippen LogP contribution in [-0.4, -0.2) is 28.7 Å². The lowest BCUT2D eigenvalue weighted by atomic mass is 10.2. The molecule has 1 heterocycles. The highest BCUT2D eigenvalue weighted by atomic mass is 19.4. The van der Waals surface area contributed by atoms with Crippen molar-refractivity contribution in [1.29, 1.82) is 0 Å². The van der Waals surface area contributed by atoms with E-state index in [0.717, 1.165) is 12.8 Å². The fraction of sp³-hybridized carbons (Fsp3) is 0.636. The molecule has 0 saturated heterocycles. The zero-order valence-corrected chi connectivity index (χ0v) is 10.0. The van der Waals surface area contributed by atoms with Crippen molar-refractivity contribution in [3.8, 4) is 0 Å². The maximum atomic E-state index is 12.6. The van der Waals surface area contributed by atoms with Crippen LogP contribution in [-0.2, 0) is 6.42 Å². The number of nitrogen functional groups attached to an aromatic ring is 1. The minimum atomic E-state index is -4.24. The van der Waals surface area contributed by atoms with Crippen LogP contribution in [0.15, 0.2) is 6.33 Å². The van der Waals surface area contributed by atoms with Crippen LogP contribution < -0.4 is 10.6 Å². The van der Waals surface area contributed by atoms with Crippen molar-refractivity contribution in [3.63, 3.8) is 0 Å². The van der Waals surface area contributed by atoms with E-state index in [-0.39, 0.29) is 11.9 Å². The number of aromatic nitrogens is 2. The minimum Gasteiger partial charge on any atom is -0.383 e. The molecule has 0 aliphatic heterocycles. The summed E-state index contributed by atoms with van der Waals surface area (Å²) in [7, 11) is 0. The van der Waals surface area contributed by atoms with Gasteiger partial charge >= 0.3 is 6.18 Å². The van der Waals surface area contributed by atoms with Gasteiger partial charge in [0.2, 0.25) is 0 Å². The Bertz CT molecular complexity index is 429. The summed E-state index contributed by atoms with van der Waals surface area (Å²) < 4.78 is 37.8. The highest BCUT2D eigenvalue weighted by molar-refractivity contribution is 5.57. The van der Waals surface area contributed by atoms with Gasteiger partial charge in [-0.25, -0.2) is 9.97 Å². The first-order chi connectivity index (χ1) is 8.42. The summed E-state index contributed by atoms with van der Waals surface area (Å²) in [6, 6.07) is -0.0776. The molecule has 1 aliphatic rings. The fourth-order valence-corrected chi connectivity index (χ4v) is 1.96. The lowest BCUT2D eigenvalue weighted by molar-refractivity contribution is -0.120. The van der Waals surface area contributed by atoms with Crippen LogP contribution in [0.1, 0.15) is 25.3 Å². The van der Waals surface area contributed by atoms with Crippen molar-refractivity contribution in [1.82, 2.24) is 9.97 Å². The molecule has 0 bridgehead atoms. The first-order valence-electron chi connectivity index (χ1n) is 5.85. The third kappa shape index (κ3) is 2.83. The van der Waals surface area contributed by atoms with E-state index in [1.54, 1.807) is 0 Å². The Kier molecular flexibility index (Phi) is 3.32. The number of halogens is 3. The van der Waals surface area contributed by atoms with E-state index in [4.69, 9.17) is 5.73 Å². The Morgan fingerprint density at radius 2 is 2.06 bits per heavy atom. The Morgan fingerprint density at radius 1 is 1.39 bits per heavy atom. The highest BCUT2D eigenvalue weighted by Gasteiger charge is 2.39. The van der Waals surface area contributed by atoms with Crippen LogP contribution in [0.25, 0.3) is 0 Å². The summed E-state index contributed by atoms with van der Waals surface area (Å²) in [4.78, 5) is 9.12. The third-order valence-corrected chi connectivity index (χ3v) is 2.92. The molecule has 4 nitrogen and oxygen atoms in total. The Balaban J connectivity index is 2.33. The Morgan fingerprint density at radius 3 is 2.56 bits per heavy atom. The van der Waals surface area contributed by atoms with Gasteiger partial charge in [-0.2, -0.15) is 13.2 Å². The molecule has 18 heavy (non-hydrogen) atoms. The normalized spacial score (nSPS) is 15.8. The molecule has 1 aromatic rings. The summed E-state index contributed by atoms with van der Waals surface area (Å²) in [5, 5.41) is 0. The first-order valence-corrected chi connectivity index (χ1v) is 5.85. The van der Waals surface area contributed by atoms with Crippen LogP contribution in [0.4, 0.5) is 24.8 Å². The molecule has 0 atom stereocenters. The molecular formula is C11H15F3N4. The molecule has 7 heteroatoms. The molecule has 1 saturated carbocycles. The van der Waals surface area contributed by atoms with E-state index < -0.39 is 12.7 Å². The Hall–Kier alpha value is -1.53. The van der Waals surface area contributed by atoms with Crippen molar-refractivity contribution in [2.45, 2.75) is 38.4 Å². The standard InChI is InChI=1S/C11H15F3N4/c1-2-8-9(15)16-6-17-10(8)18(7-3-4-7)5-11(12,13)14/h6-7H,2-5H2,1H3,(H2,15,16,17). The molecule has 2 rings (SSSR count). The maximum absolute atomic E-state index is 12.6. The quantitative estimate of drug-likeness (QED) is 0.901. The molecule has 100 valence electrons. The molecule has 1 fully saturated rings. The number of hydrogen-bond donors (Lipinski definition) is 1. The van der Waals surface area contributed by atoms with Gasteiger partial charge in [0.25, 0.3) is 0 Å². The van der Waals surface area contributed by atoms with Gasteiger partial charge in [-0.3, -0.25) is 0 Å². The highest BCUT2D eigenvalue weighted by Crippen LogP contribution is 2.35. The van der Waals surface area contributed by atoms with E-state index in [9.17, 15) is 13.2 Å². The molecular weight excluding hydrogens is 245 g/mol. The number of hydrogen-bond acceptors (Lipinski definition) is 4. The summed E-state index contributed by atoms with van der Waals surface area (Å²) in [6.07, 6.45) is -0.974. The second-order valence-corrected chi connectivity index (χ2v) is 4.39. The van der Waals surface area contributed by atoms with Gasteiger partial charge in [-0.1, -0.05) is 6.92 Å². The van der Waals surface area contributed by atoms with Gasteiger partial charge in [0, 0.05) is 11.6 Å². The monoisotopic (exact) mass is 260 g/mol. The number of anilines is 2. The fourth-order valence-electron chi connectivity index (χ4n) is 1.96. The van der Waals surface area contributed by atoms with E-state index in [1.807, 2.05) is 6.92 Å². The van der Waals surface area contributed by atoms with Crippen LogP contribution in [0.5, 0.6) is 0 Å². The predicted octanol–water partition coefficient (Wildman–Crippen LogP) is 2.15. The smallest absolute Gasteiger partial charge is 0.383 e. The maximum Gasteiger partial charge on any atom is 0.405 e. The van der Waals surface area contributed by atoms with Crippen LogP contribution in [0.2, 0.25) is 0 Å². The summed E-state index contributed by atoms with van der Waals surface area (Å²) in [5.74, 6) is 0.583. The number of nitrogens with two attached hydrogens (primary N) is 1. The third-order valence-electron chi connectivity index (χ3n) is 2.92. The first kappa shape index (κ1) is 12.9. The summed E-state index contributed by atoms with van der Waals surface area (Å²) >= 11 is 0. The van der Waals surface area contributed by atoms with Crippen molar-refractivity contribution >= 4 is 11.6 Å². The van der Waals surface area contributed by atoms with Crippen LogP contribution in [0.3, 0.4) is 0 Å². The second kappa shape index (κ2) is 4.62.